The Hall–Kier alpha value is -0.830. The lowest BCUT2D eigenvalue weighted by Gasteiger charge is -2.60. The van der Waals surface area contributed by atoms with Crippen molar-refractivity contribution in [2.45, 2.75) is 65.2 Å². The summed E-state index contributed by atoms with van der Waals surface area (Å²) < 4.78 is 0. The van der Waals surface area contributed by atoms with Crippen molar-refractivity contribution in [3.63, 3.8) is 0 Å². The van der Waals surface area contributed by atoms with Crippen molar-refractivity contribution in [1.29, 1.82) is 0 Å². The summed E-state index contributed by atoms with van der Waals surface area (Å²) in [6, 6.07) is 0. The normalized spacial score (nSPS) is 51.6. The van der Waals surface area contributed by atoms with Crippen LogP contribution < -0.4 is 0 Å². The van der Waals surface area contributed by atoms with Gasteiger partial charge in [0.05, 0.1) is 5.41 Å². The van der Waals surface area contributed by atoms with Gasteiger partial charge in [0.1, 0.15) is 0 Å². The molecule has 0 amide bonds. The highest BCUT2D eigenvalue weighted by Crippen LogP contribution is 2.70. The van der Waals surface area contributed by atoms with E-state index in [0.29, 0.717) is 18.4 Å². The van der Waals surface area contributed by atoms with E-state index in [0.717, 1.165) is 44.9 Å². The predicted octanol–water partition coefficient (Wildman–Crippen LogP) is 4.01. The molecule has 1 spiro atoms. The summed E-state index contributed by atoms with van der Waals surface area (Å²) in [5, 5.41) is 19.7. The number of aliphatic hydroxyl groups is 1. The molecule has 0 aromatic rings. The first kappa shape index (κ1) is 15.7. The lowest BCUT2D eigenvalue weighted by Crippen LogP contribution is -2.54. The average Bonchev–Trinajstić information content (AvgIpc) is 2.77. The van der Waals surface area contributed by atoms with Gasteiger partial charge in [0.15, 0.2) is 0 Å². The third-order valence-corrected chi connectivity index (χ3v) is 8.35. The molecule has 4 aliphatic rings. The standard InChI is InChI=1S/C20H30O3/c1-18-7-3-8-19(2,17(22)23)15(18)6-9-20-10-13(4-5-16(18)20)14(11-20)12-21/h5,13-15,21H,3-4,6-12H2,1-2H3,(H,22,23)/t13-,14-,15+,18+,19-,20+/m0/s1. The smallest absolute Gasteiger partial charge is 0.309 e. The zero-order valence-electron chi connectivity index (χ0n) is 14.5. The van der Waals surface area contributed by atoms with Crippen LogP contribution in [-0.2, 0) is 4.79 Å². The monoisotopic (exact) mass is 318 g/mol. The molecule has 2 N–H and O–H groups in total. The topological polar surface area (TPSA) is 57.5 Å². The van der Waals surface area contributed by atoms with Gasteiger partial charge in [-0.1, -0.05) is 25.0 Å². The number of hydrogen-bond donors (Lipinski definition) is 2. The molecule has 0 aromatic carbocycles. The van der Waals surface area contributed by atoms with Crippen molar-refractivity contribution in [2.24, 2.45) is 34.0 Å². The second-order valence-corrected chi connectivity index (χ2v) is 9.33. The van der Waals surface area contributed by atoms with Crippen molar-refractivity contribution < 1.29 is 15.0 Å². The molecule has 3 nitrogen and oxygen atoms in total. The fraction of sp³-hybridized carbons (Fsp3) is 0.850. The number of carboxylic acid groups (broad SMARTS) is 1. The molecule has 4 rings (SSSR count). The molecule has 3 saturated carbocycles. The number of aliphatic hydroxyl groups excluding tert-OH is 1. The first-order valence-electron chi connectivity index (χ1n) is 9.41. The van der Waals surface area contributed by atoms with Gasteiger partial charge in [0.2, 0.25) is 0 Å². The number of hydrogen-bond acceptors (Lipinski definition) is 2. The number of carbonyl (C=O) groups is 1. The van der Waals surface area contributed by atoms with Gasteiger partial charge in [-0.2, -0.15) is 0 Å². The van der Waals surface area contributed by atoms with Crippen LogP contribution in [0.4, 0.5) is 0 Å². The molecule has 0 aliphatic heterocycles. The first-order valence-corrected chi connectivity index (χ1v) is 9.41. The highest BCUT2D eigenvalue weighted by Gasteiger charge is 2.63. The highest BCUT2D eigenvalue weighted by molar-refractivity contribution is 5.75. The van der Waals surface area contributed by atoms with Crippen molar-refractivity contribution in [3.05, 3.63) is 11.6 Å². The summed E-state index contributed by atoms with van der Waals surface area (Å²) in [6.45, 7) is 4.67. The van der Waals surface area contributed by atoms with Gasteiger partial charge >= 0.3 is 5.97 Å². The van der Waals surface area contributed by atoms with Crippen LogP contribution in [0.5, 0.6) is 0 Å². The molecule has 128 valence electrons. The lowest BCUT2D eigenvalue weighted by molar-refractivity contribution is -0.161. The zero-order chi connectivity index (χ0) is 16.5. The van der Waals surface area contributed by atoms with Crippen LogP contribution in [0.1, 0.15) is 65.2 Å². The Balaban J connectivity index is 1.75. The number of allylic oxidation sites excluding steroid dienone is 2. The molecule has 0 saturated heterocycles. The Kier molecular flexibility index (Phi) is 3.30. The minimum atomic E-state index is -0.599. The molecule has 6 atom stereocenters. The zero-order valence-corrected chi connectivity index (χ0v) is 14.5. The number of fused-ring (bicyclic) bond motifs is 3. The predicted molar refractivity (Wildman–Crippen MR) is 88.9 cm³/mol. The maximum Gasteiger partial charge on any atom is 0.309 e. The van der Waals surface area contributed by atoms with Crippen LogP contribution in [0.15, 0.2) is 11.6 Å². The van der Waals surface area contributed by atoms with E-state index in [2.05, 4.69) is 13.0 Å². The van der Waals surface area contributed by atoms with E-state index in [1.54, 1.807) is 5.57 Å². The molecule has 0 heterocycles. The van der Waals surface area contributed by atoms with Crippen molar-refractivity contribution >= 4 is 5.97 Å². The van der Waals surface area contributed by atoms with Gasteiger partial charge in [-0.25, -0.2) is 0 Å². The number of aliphatic carboxylic acids is 1. The second kappa shape index (κ2) is 4.84. The Morgan fingerprint density at radius 3 is 2.74 bits per heavy atom. The fourth-order valence-corrected chi connectivity index (χ4v) is 7.30. The van der Waals surface area contributed by atoms with E-state index < -0.39 is 11.4 Å². The van der Waals surface area contributed by atoms with Crippen molar-refractivity contribution in [2.75, 3.05) is 6.61 Å². The molecule has 2 bridgehead atoms. The van der Waals surface area contributed by atoms with Gasteiger partial charge in [-0.3, -0.25) is 4.79 Å². The molecule has 0 radical (unpaired) electrons. The molecule has 0 unspecified atom stereocenters. The van der Waals surface area contributed by atoms with Gasteiger partial charge in [-0.15, -0.1) is 0 Å². The Bertz CT molecular complexity index is 567. The van der Waals surface area contributed by atoms with Crippen LogP contribution in [0.2, 0.25) is 0 Å². The van der Waals surface area contributed by atoms with Crippen molar-refractivity contribution in [1.82, 2.24) is 0 Å². The number of carboxylic acids is 1. The molecule has 3 heteroatoms. The summed E-state index contributed by atoms with van der Waals surface area (Å²) in [5.41, 5.74) is 1.35. The molecule has 3 fully saturated rings. The summed E-state index contributed by atoms with van der Waals surface area (Å²) >= 11 is 0. The van der Waals surface area contributed by atoms with E-state index >= 15 is 0 Å². The minimum absolute atomic E-state index is 0.0545. The minimum Gasteiger partial charge on any atom is -0.481 e. The van der Waals surface area contributed by atoms with E-state index in [1.165, 1.54) is 6.42 Å². The van der Waals surface area contributed by atoms with Crippen LogP contribution in [-0.4, -0.2) is 22.8 Å². The van der Waals surface area contributed by atoms with Crippen LogP contribution in [0, 0.1) is 34.0 Å². The lowest BCUT2D eigenvalue weighted by atomic mass is 9.44. The SMILES string of the molecule is C[C@@]12CCC[C@](C)(C(=O)O)[C@@H]1CC[C@@]13C[C@@H](CO)[C@@H](CC=C12)C3. The third-order valence-electron chi connectivity index (χ3n) is 8.35. The van der Waals surface area contributed by atoms with Gasteiger partial charge in [-0.05, 0) is 80.5 Å². The third kappa shape index (κ3) is 1.89. The molecular formula is C20H30O3. The van der Waals surface area contributed by atoms with Gasteiger partial charge in [0, 0.05) is 6.61 Å². The van der Waals surface area contributed by atoms with Gasteiger partial charge in [0.25, 0.3) is 0 Å². The maximum atomic E-state index is 12.0. The largest absolute Gasteiger partial charge is 0.481 e. The van der Waals surface area contributed by atoms with Crippen LogP contribution >= 0.6 is 0 Å². The highest BCUT2D eigenvalue weighted by atomic mass is 16.4. The second-order valence-electron chi connectivity index (χ2n) is 9.33. The van der Waals surface area contributed by atoms with Gasteiger partial charge < -0.3 is 10.2 Å². The summed E-state index contributed by atoms with van der Waals surface area (Å²) in [6.07, 6.45) is 11.1. The maximum absolute atomic E-state index is 12.0. The summed E-state index contributed by atoms with van der Waals surface area (Å²) in [7, 11) is 0. The molecule has 0 aromatic heterocycles. The van der Waals surface area contributed by atoms with Crippen LogP contribution in [0.3, 0.4) is 0 Å². The quantitative estimate of drug-likeness (QED) is 0.756. The Labute approximate surface area is 139 Å². The number of rotatable bonds is 2. The Morgan fingerprint density at radius 2 is 2.04 bits per heavy atom. The fourth-order valence-electron chi connectivity index (χ4n) is 7.30. The summed E-state index contributed by atoms with van der Waals surface area (Å²) in [5.74, 6) is 0.776. The van der Waals surface area contributed by atoms with E-state index in [1.807, 2.05) is 6.92 Å². The van der Waals surface area contributed by atoms with E-state index in [-0.39, 0.29) is 16.7 Å². The van der Waals surface area contributed by atoms with Crippen LogP contribution in [0.25, 0.3) is 0 Å². The van der Waals surface area contributed by atoms with E-state index in [4.69, 9.17) is 0 Å². The first-order chi connectivity index (χ1) is 10.9. The average molecular weight is 318 g/mol. The van der Waals surface area contributed by atoms with Crippen molar-refractivity contribution in [3.8, 4) is 0 Å². The summed E-state index contributed by atoms with van der Waals surface area (Å²) in [4.78, 5) is 12.0. The molecule has 23 heavy (non-hydrogen) atoms. The van der Waals surface area contributed by atoms with E-state index in [9.17, 15) is 15.0 Å². The Morgan fingerprint density at radius 1 is 1.26 bits per heavy atom. The molecule has 4 aliphatic carbocycles. The molecular weight excluding hydrogens is 288 g/mol.